The molecule has 2 saturated carbocycles. The maximum absolute atomic E-state index is 5.80. The van der Waals surface area contributed by atoms with E-state index < -0.39 is 0 Å². The largest absolute Gasteiger partial charge is 0.419 e. The van der Waals surface area contributed by atoms with E-state index in [2.05, 4.69) is 62.4 Å². The molecule has 0 spiro atoms. The summed E-state index contributed by atoms with van der Waals surface area (Å²) in [4.78, 5) is 0. The van der Waals surface area contributed by atoms with Gasteiger partial charge in [0, 0.05) is 71.1 Å². The van der Waals surface area contributed by atoms with Gasteiger partial charge in [-0.1, -0.05) is 111 Å². The van der Waals surface area contributed by atoms with Crippen molar-refractivity contribution in [2.75, 3.05) is 11.5 Å². The maximum Gasteiger partial charge on any atom is 0.0314 e. The zero-order valence-electron chi connectivity index (χ0n) is 26.9. The van der Waals surface area contributed by atoms with Crippen LogP contribution >= 0.6 is 0 Å². The first-order valence-corrected chi connectivity index (χ1v) is 16.0. The molecule has 0 saturated heterocycles. The van der Waals surface area contributed by atoms with Crippen LogP contribution in [0.15, 0.2) is 103 Å². The van der Waals surface area contributed by atoms with Crippen LogP contribution in [0.5, 0.6) is 0 Å². The Bertz CT molecular complexity index is 1230. The van der Waals surface area contributed by atoms with Gasteiger partial charge in [0.05, 0.1) is 0 Å². The molecule has 0 aliphatic heterocycles. The van der Waals surface area contributed by atoms with Gasteiger partial charge in [0.15, 0.2) is 0 Å². The van der Waals surface area contributed by atoms with E-state index in [1.165, 1.54) is 68.9 Å². The monoisotopic (exact) mass is 800 g/mol. The molecule has 0 unspecified atom stereocenters. The topological polar surface area (TPSA) is 52.0 Å². The Balaban J connectivity index is -0.000000899. The summed E-state index contributed by atoms with van der Waals surface area (Å²) in [5.74, 6) is 2.98. The fourth-order valence-corrected chi connectivity index (χ4v) is 6.51. The van der Waals surface area contributed by atoms with Gasteiger partial charge in [-0.2, -0.15) is 54.6 Å². The number of benzene rings is 4. The molecule has 4 heteroatoms. The van der Waals surface area contributed by atoms with Crippen LogP contribution in [0.4, 0.5) is 11.4 Å². The SMILES string of the molecule is C.C.C.C.CC1CCC(CC2CCC(C)(c3ccc(Cc4ccc(N)cc4)cc3)CC2)CC1.Nc1cc[c-]cc1.[Y].[Y].[c-]1ccccc1. The summed E-state index contributed by atoms with van der Waals surface area (Å²) in [6.45, 7) is 4.93. The number of hydrogen-bond acceptors (Lipinski definition) is 2. The van der Waals surface area contributed by atoms with Crippen LogP contribution in [0.3, 0.4) is 0 Å². The van der Waals surface area contributed by atoms with Gasteiger partial charge in [-0.15, -0.1) is 12.1 Å². The van der Waals surface area contributed by atoms with Crippen LogP contribution < -0.4 is 11.5 Å². The Morgan fingerprint density at radius 3 is 1.44 bits per heavy atom. The normalized spacial score (nSPS) is 20.5. The summed E-state index contributed by atoms with van der Waals surface area (Å²) >= 11 is 0. The fraction of sp³-hybridized carbons (Fsp3) is 0.455. The van der Waals surface area contributed by atoms with Crippen molar-refractivity contribution in [3.05, 3.63) is 132 Å². The number of anilines is 2. The zero-order valence-corrected chi connectivity index (χ0v) is 32.6. The number of nitrogens with two attached hydrogens (primary N) is 2. The maximum atomic E-state index is 5.80. The summed E-state index contributed by atoms with van der Waals surface area (Å²) in [7, 11) is 0. The molecule has 2 radical (unpaired) electrons. The van der Waals surface area contributed by atoms with Crippen molar-refractivity contribution < 1.29 is 65.4 Å². The molecule has 4 N–H and O–H groups in total. The quantitative estimate of drug-likeness (QED) is 0.156. The first-order chi connectivity index (χ1) is 20.4. The van der Waals surface area contributed by atoms with Crippen LogP contribution in [0.1, 0.15) is 118 Å². The van der Waals surface area contributed by atoms with E-state index >= 15 is 0 Å². The number of rotatable bonds is 5. The molecule has 0 atom stereocenters. The molecule has 4 aromatic carbocycles. The Labute approximate surface area is 347 Å². The van der Waals surface area contributed by atoms with E-state index in [0.29, 0.717) is 5.41 Å². The smallest absolute Gasteiger partial charge is 0.0314 e. The molecule has 0 heterocycles. The van der Waals surface area contributed by atoms with Gasteiger partial charge in [0.1, 0.15) is 0 Å². The third-order valence-electron chi connectivity index (χ3n) is 9.40. The van der Waals surface area contributed by atoms with Gasteiger partial charge in [-0.3, -0.25) is 0 Å². The van der Waals surface area contributed by atoms with Crippen molar-refractivity contribution in [3.63, 3.8) is 0 Å². The zero-order chi connectivity index (χ0) is 29.6. The second-order valence-corrected chi connectivity index (χ2v) is 12.9. The van der Waals surface area contributed by atoms with Gasteiger partial charge in [0.25, 0.3) is 0 Å². The van der Waals surface area contributed by atoms with E-state index in [1.807, 2.05) is 42.5 Å². The summed E-state index contributed by atoms with van der Waals surface area (Å²) < 4.78 is 0. The Hall–Kier alpha value is -1.31. The average molecular weight is 801 g/mol. The van der Waals surface area contributed by atoms with Crippen LogP contribution in [-0.2, 0) is 77.3 Å². The Kier molecular flexibility index (Phi) is 29.2. The summed E-state index contributed by atoms with van der Waals surface area (Å²) in [5.41, 5.74) is 17.4. The van der Waals surface area contributed by atoms with Gasteiger partial charge < -0.3 is 11.5 Å². The van der Waals surface area contributed by atoms with Crippen molar-refractivity contribution in [1.82, 2.24) is 0 Å². The van der Waals surface area contributed by atoms with Gasteiger partial charge in [0.2, 0.25) is 0 Å². The number of hydrogen-bond donors (Lipinski definition) is 2. The van der Waals surface area contributed by atoms with Gasteiger partial charge >= 0.3 is 0 Å². The third-order valence-corrected chi connectivity index (χ3v) is 9.40. The second kappa shape index (κ2) is 27.4. The van der Waals surface area contributed by atoms with E-state index in [9.17, 15) is 0 Å². The first-order valence-electron chi connectivity index (χ1n) is 16.0. The minimum atomic E-state index is 0. The molecule has 0 amide bonds. The fourth-order valence-electron chi connectivity index (χ4n) is 6.51. The second-order valence-electron chi connectivity index (χ2n) is 12.9. The minimum Gasteiger partial charge on any atom is -0.419 e. The Morgan fingerprint density at radius 1 is 0.583 bits per heavy atom. The molecule has 0 aromatic heterocycles. The third kappa shape index (κ3) is 18.1. The van der Waals surface area contributed by atoms with Crippen LogP contribution in [0.2, 0.25) is 0 Å². The standard InChI is InChI=1S/C28H39N.C6H6N.C6H5.4CH4.2Y/c1-21-3-5-22(6-4-21)20-25-15-17-28(2,18-16-25)26-11-7-23(8-12-26)19-24-9-13-27(29)14-10-24;7-6-4-2-1-3-5-6;1-2-4-6-5-3-1;;;;;;/h7-14,21-22,25H,3-6,15-20,29H2,1-2H3;2-5H,7H2;1-5H;4*1H4;;/q;2*-1;;;;;;. The van der Waals surface area contributed by atoms with E-state index in [4.69, 9.17) is 11.5 Å². The summed E-state index contributed by atoms with van der Waals surface area (Å²) in [6.07, 6.45) is 14.0. The minimum absolute atomic E-state index is 0. The van der Waals surface area contributed by atoms with Crippen molar-refractivity contribution in [2.24, 2.45) is 17.8 Å². The van der Waals surface area contributed by atoms with Crippen LogP contribution in [0, 0.1) is 29.9 Å². The van der Waals surface area contributed by atoms with E-state index in [1.54, 1.807) is 29.8 Å². The van der Waals surface area contributed by atoms with Gasteiger partial charge in [-0.05, 0) is 90.5 Å². The molecule has 2 aliphatic rings. The van der Waals surface area contributed by atoms with E-state index in [0.717, 1.165) is 35.5 Å². The molecule has 0 bridgehead atoms. The molecular weight excluding hydrogens is 734 g/mol. The van der Waals surface area contributed by atoms with Crippen LogP contribution in [-0.4, -0.2) is 0 Å². The van der Waals surface area contributed by atoms with Gasteiger partial charge in [-0.25, -0.2) is 0 Å². The molecule has 4 aromatic rings. The molecule has 260 valence electrons. The molecule has 48 heavy (non-hydrogen) atoms. The van der Waals surface area contributed by atoms with Crippen molar-refractivity contribution in [2.45, 2.75) is 113 Å². The molecule has 2 nitrogen and oxygen atoms in total. The molecule has 6 rings (SSSR count). The summed E-state index contributed by atoms with van der Waals surface area (Å²) in [5, 5.41) is 0. The van der Waals surface area contributed by atoms with E-state index in [-0.39, 0.29) is 95.1 Å². The predicted octanol–water partition coefficient (Wildman–Crippen LogP) is 12.6. The number of nitrogen functional groups attached to an aromatic ring is 2. The van der Waals surface area contributed by atoms with Crippen molar-refractivity contribution in [3.8, 4) is 0 Å². The van der Waals surface area contributed by atoms with Crippen LogP contribution in [0.25, 0.3) is 0 Å². The summed E-state index contributed by atoms with van der Waals surface area (Å²) in [6, 6.07) is 40.3. The predicted molar refractivity (Wildman–Crippen MR) is 207 cm³/mol. The average Bonchev–Trinajstić information content (AvgIpc) is 3.03. The van der Waals surface area contributed by atoms with Crippen molar-refractivity contribution >= 4 is 11.4 Å². The molecule has 2 fully saturated rings. The Morgan fingerprint density at radius 2 is 1.02 bits per heavy atom. The first kappa shape index (κ1) is 51.1. The molecular formula is C44H66N2Y2-2. The van der Waals surface area contributed by atoms with Crippen molar-refractivity contribution in [1.29, 1.82) is 0 Å². The molecule has 2 aliphatic carbocycles.